The minimum absolute atomic E-state index is 0.0875. The van der Waals surface area contributed by atoms with Crippen molar-refractivity contribution in [1.82, 2.24) is 15.0 Å². The molecule has 2 saturated carbocycles. The van der Waals surface area contributed by atoms with Crippen LogP contribution in [0.25, 0.3) is 41.8 Å². The Labute approximate surface area is 739 Å². The third kappa shape index (κ3) is 26.4. The van der Waals surface area contributed by atoms with Gasteiger partial charge in [-0.3, -0.25) is 24.2 Å². The molecule has 656 valence electrons. The number of thiazole rings is 3. The first kappa shape index (κ1) is 90.0. The Bertz CT molecular complexity index is 4940. The summed E-state index contributed by atoms with van der Waals surface area (Å²) in [6.07, 6.45) is 21.9. The van der Waals surface area contributed by atoms with E-state index in [0.29, 0.717) is 148 Å². The molecule has 3 saturated heterocycles. The number of aromatic nitrogens is 3. The molecule has 3 atom stereocenters. The maximum absolute atomic E-state index is 14.5. The zero-order valence-corrected chi connectivity index (χ0v) is 72.7. The number of unbranched alkanes of at least 4 members (excludes halogenated alkanes) is 6. The summed E-state index contributed by atoms with van der Waals surface area (Å²) in [5.74, 6) is 4.53. The van der Waals surface area contributed by atoms with E-state index in [2.05, 4.69) is 24.2 Å². The monoisotopic (exact) mass is 1750 g/mol. The van der Waals surface area contributed by atoms with Gasteiger partial charge < -0.3 is 52.1 Å². The fraction of sp³-hybridized carbons (Fsp3) is 0.406. The number of rotatable bonds is 40. The van der Waals surface area contributed by atoms with Crippen LogP contribution >= 0.6 is 34.0 Å². The number of hydrazine groups is 1. The number of ether oxygens (including phenoxy) is 11. The summed E-state index contributed by atoms with van der Waals surface area (Å²) in [7, 11) is 0. The van der Waals surface area contributed by atoms with Gasteiger partial charge in [-0.25, -0.2) is 40.4 Å². The van der Waals surface area contributed by atoms with Gasteiger partial charge in [0.1, 0.15) is 34.5 Å². The van der Waals surface area contributed by atoms with E-state index in [-0.39, 0.29) is 41.7 Å². The Hall–Kier alpha value is -11.3. The maximum Gasteiger partial charge on any atom is 0.330 e. The average Bonchev–Trinajstić information content (AvgIpc) is 1.78. The molecule has 0 spiro atoms. The summed E-state index contributed by atoms with van der Waals surface area (Å²) in [5.41, 5.74) is 5.16. The van der Waals surface area contributed by atoms with Gasteiger partial charge in [-0.1, -0.05) is 95.7 Å². The number of hydrazone groups is 2. The SMILES string of the molecule is C=CC(=O)OCCCCCCOc1ccc(OC(=O)C2CCC(C(=O)Oc3ccc(-c4ccc(OC(=O)C5CCC(C(=O)Oc6ccc(OCCCCCCOC(=O)C=C)cc6)CC5)c(/C=N/N(CC5CCCO5)c5nc6ccccc6s5)c4)cc3/C=N/N(CC3CCCO3)c3nc4ccccc4s3)CC2)cc1.NN(CC1CCCO1)c1nc2ccccc2s1. The van der Waals surface area contributed by atoms with Crippen LogP contribution in [0.1, 0.15) is 152 Å². The van der Waals surface area contributed by atoms with Gasteiger partial charge >= 0.3 is 35.8 Å². The van der Waals surface area contributed by atoms with E-state index in [1.54, 1.807) is 89.4 Å². The largest absolute Gasteiger partial charge is 0.494 e. The molecule has 0 amide bonds. The summed E-state index contributed by atoms with van der Waals surface area (Å²) in [6, 6.07) is 49.0. The highest BCUT2D eigenvalue weighted by atomic mass is 32.1. The highest BCUT2D eigenvalue weighted by Gasteiger charge is 2.35. The summed E-state index contributed by atoms with van der Waals surface area (Å²) in [6.45, 7) is 12.3. The van der Waals surface area contributed by atoms with Gasteiger partial charge in [0.05, 0.1) is 131 Å². The lowest BCUT2D eigenvalue weighted by molar-refractivity contribution is -0.145. The number of nitrogens with zero attached hydrogens (tertiary/aromatic N) is 8. The Morgan fingerprint density at radius 1 is 0.400 bits per heavy atom. The van der Waals surface area contributed by atoms with Gasteiger partial charge in [0, 0.05) is 43.1 Å². The average molecular weight is 1760 g/mol. The van der Waals surface area contributed by atoms with E-state index in [4.69, 9.17) is 78.1 Å². The lowest BCUT2D eigenvalue weighted by atomic mass is 9.82. The van der Waals surface area contributed by atoms with Crippen LogP contribution in [0.2, 0.25) is 0 Å². The zero-order valence-electron chi connectivity index (χ0n) is 70.2. The first-order chi connectivity index (χ1) is 61.2. The van der Waals surface area contributed by atoms with E-state index in [1.165, 1.54) is 27.4 Å². The fourth-order valence-electron chi connectivity index (χ4n) is 15.5. The van der Waals surface area contributed by atoms with Crippen molar-refractivity contribution in [3.05, 3.63) is 194 Å². The molecule has 0 radical (unpaired) electrons. The van der Waals surface area contributed by atoms with Crippen molar-refractivity contribution < 1.29 is 80.9 Å². The molecular weight excluding hydrogens is 1650 g/mol. The van der Waals surface area contributed by atoms with E-state index in [1.807, 2.05) is 101 Å². The molecule has 5 fully saturated rings. The number of nitrogens with two attached hydrogens (primary N) is 1. The van der Waals surface area contributed by atoms with Gasteiger partial charge in [0.25, 0.3) is 0 Å². The van der Waals surface area contributed by atoms with Crippen LogP contribution in [0, 0.1) is 23.7 Å². The minimum atomic E-state index is -0.492. The zero-order chi connectivity index (χ0) is 86.5. The molecule has 29 heteroatoms. The van der Waals surface area contributed by atoms with Gasteiger partial charge in [-0.2, -0.15) is 10.2 Å². The second-order valence-electron chi connectivity index (χ2n) is 31.6. The van der Waals surface area contributed by atoms with Crippen LogP contribution < -0.4 is 49.3 Å². The van der Waals surface area contributed by atoms with Gasteiger partial charge in [-0.05, 0) is 262 Å². The number of para-hydroxylation sites is 3. The highest BCUT2D eigenvalue weighted by molar-refractivity contribution is 7.23. The van der Waals surface area contributed by atoms with Crippen molar-refractivity contribution in [1.29, 1.82) is 0 Å². The van der Waals surface area contributed by atoms with Crippen molar-refractivity contribution in [2.24, 2.45) is 39.7 Å². The number of hydrogen-bond acceptors (Lipinski definition) is 29. The topological polar surface area (TPSA) is 303 Å². The quantitative estimate of drug-likeness (QED) is 0.00709. The van der Waals surface area contributed by atoms with Crippen LogP contribution in [-0.4, -0.2) is 147 Å². The molecule has 2 N–H and O–H groups in total. The predicted octanol–water partition coefficient (Wildman–Crippen LogP) is 18.7. The van der Waals surface area contributed by atoms with Crippen molar-refractivity contribution in [2.45, 2.75) is 160 Å². The van der Waals surface area contributed by atoms with E-state index in [0.717, 1.165) is 157 Å². The summed E-state index contributed by atoms with van der Waals surface area (Å²) >= 11 is 4.67. The third-order valence-corrected chi connectivity index (χ3v) is 25.7. The van der Waals surface area contributed by atoms with Gasteiger partial charge in [0.15, 0.2) is 0 Å². The first-order valence-electron chi connectivity index (χ1n) is 43.5. The van der Waals surface area contributed by atoms with E-state index < -0.39 is 47.5 Å². The Morgan fingerprint density at radius 3 is 1.10 bits per heavy atom. The van der Waals surface area contributed by atoms with Crippen molar-refractivity contribution in [3.8, 4) is 45.6 Å². The minimum Gasteiger partial charge on any atom is -0.494 e. The van der Waals surface area contributed by atoms with Crippen LogP contribution in [0.15, 0.2) is 193 Å². The number of esters is 6. The molecule has 2 aliphatic carbocycles. The summed E-state index contributed by atoms with van der Waals surface area (Å²) in [4.78, 5) is 93.1. The number of carbonyl (C=O) groups excluding carboxylic acids is 6. The van der Waals surface area contributed by atoms with E-state index >= 15 is 0 Å². The van der Waals surface area contributed by atoms with Crippen LogP contribution in [0.4, 0.5) is 15.4 Å². The summed E-state index contributed by atoms with van der Waals surface area (Å²) < 4.78 is 67.4. The van der Waals surface area contributed by atoms with Gasteiger partial charge in [-0.15, -0.1) is 0 Å². The normalized spacial score (nSPS) is 18.7. The molecule has 26 nitrogen and oxygen atoms in total. The van der Waals surface area contributed by atoms with Crippen molar-refractivity contribution >= 4 is 128 Å². The lowest BCUT2D eigenvalue weighted by Crippen LogP contribution is -2.37. The second kappa shape index (κ2) is 46.1. The van der Waals surface area contributed by atoms with Crippen LogP contribution in [-0.2, 0) is 52.5 Å². The van der Waals surface area contributed by atoms with Crippen LogP contribution in [0.3, 0.4) is 0 Å². The highest BCUT2D eigenvalue weighted by Crippen LogP contribution is 2.39. The number of anilines is 3. The number of carbonyl (C=O) groups is 6. The maximum atomic E-state index is 14.5. The summed E-state index contributed by atoms with van der Waals surface area (Å²) in [5, 5.41) is 17.9. The van der Waals surface area contributed by atoms with E-state index in [9.17, 15) is 28.8 Å². The first-order valence-corrected chi connectivity index (χ1v) is 45.9. The standard InChI is InChI=1S/C84H92N6O16S2.C12H15N3OS/c1-3-77(91)101-47-15-7-5-13-45-97-65-35-39-67(40-36-65)103-79(93)57-25-29-59(30-26-57)81(95)105-73-43-33-61(51-63(73)53-85-89(55-69-19-17-49-99-69)83-87-71-21-9-11-23-75(71)107-83)62-34-44-74(64(52-62)54-86-90(56-70-20-18-50-100-70)84-88-72-22-10-12-24-76(72)108-84)106-82(96)60-31-27-58(28-32-60)80(94)104-68-41-37-66(38-42-68)98-46-14-6-8-16-48-102-78(92)4-2;13-15(8-9-4-3-7-16-9)12-14-10-5-1-2-6-11(10)17-12/h3-4,9-12,21-24,33-44,51-54,57-60,69-70H,1-2,5-8,13-20,25-32,45-50,55-56H2;1-2,5-6,9H,3-4,7-8,13H2/b85-53+,86-54+;. The molecule has 0 bridgehead atoms. The Balaban J connectivity index is 0.000000660. The Kier molecular flexibility index (Phi) is 33.1. The molecule has 7 aromatic carbocycles. The fourth-order valence-corrected chi connectivity index (χ4v) is 18.3. The molecule has 5 aliphatic rings. The molecule has 15 rings (SSSR count). The number of benzene rings is 7. The number of hydrogen-bond donors (Lipinski definition) is 1. The molecular formula is C96H107N9O17S3. The van der Waals surface area contributed by atoms with Crippen molar-refractivity contribution in [2.75, 3.05) is 80.9 Å². The molecule has 10 aromatic rings. The van der Waals surface area contributed by atoms with Crippen molar-refractivity contribution in [3.63, 3.8) is 0 Å². The second-order valence-corrected chi connectivity index (χ2v) is 34.6. The number of fused-ring (bicyclic) bond motifs is 3. The Morgan fingerprint density at radius 2 is 0.736 bits per heavy atom. The smallest absolute Gasteiger partial charge is 0.330 e. The molecule has 125 heavy (non-hydrogen) atoms. The predicted molar refractivity (Wildman–Crippen MR) is 486 cm³/mol. The third-order valence-electron chi connectivity index (χ3n) is 22.5. The van der Waals surface area contributed by atoms with Crippen LogP contribution in [0.5, 0.6) is 34.5 Å². The lowest BCUT2D eigenvalue weighted by Gasteiger charge is -2.26. The molecule has 3 aliphatic heterocycles. The van der Waals surface area contributed by atoms with Gasteiger partial charge in [0.2, 0.25) is 15.4 Å². The molecule has 3 aromatic heterocycles. The molecule has 6 heterocycles. The molecule has 3 unspecified atom stereocenters.